The van der Waals surface area contributed by atoms with Crippen LogP contribution in [-0.4, -0.2) is 26.2 Å². The van der Waals surface area contributed by atoms with Crippen molar-refractivity contribution in [2.24, 2.45) is 0 Å². The van der Waals surface area contributed by atoms with Crippen molar-refractivity contribution in [1.82, 2.24) is 0 Å². The quantitative estimate of drug-likeness (QED) is 0.506. The fourth-order valence-electron chi connectivity index (χ4n) is 0.374. The summed E-state index contributed by atoms with van der Waals surface area (Å²) in [7, 11) is -0.813. The third-order valence-electron chi connectivity index (χ3n) is 0.910. The van der Waals surface area contributed by atoms with Gasteiger partial charge >= 0.3 is 7.82 Å². The highest BCUT2D eigenvalue weighted by molar-refractivity contribution is 7.48. The lowest BCUT2D eigenvalue weighted by atomic mass is 10.5. The molecule has 0 saturated heterocycles. The number of hydrogen-bond donors (Lipinski definition) is 0. The average molecular weight is 203 g/mol. The van der Waals surface area contributed by atoms with E-state index < -0.39 is 7.82 Å². The lowest BCUT2D eigenvalue weighted by Gasteiger charge is -2.13. The van der Waals surface area contributed by atoms with Gasteiger partial charge in [-0.05, 0) is 6.92 Å². The fourth-order valence-corrected chi connectivity index (χ4v) is 1.29. The molecule has 6 heteroatoms. The van der Waals surface area contributed by atoms with Crippen molar-refractivity contribution < 1.29 is 18.1 Å². The molecule has 0 radical (unpaired) electrons. The number of phosphoric acid groups is 1. The number of rotatable bonds is 5. The van der Waals surface area contributed by atoms with Crippen molar-refractivity contribution in [2.45, 2.75) is 12.3 Å². The van der Waals surface area contributed by atoms with Crippen molar-refractivity contribution in [3.05, 3.63) is 0 Å². The van der Waals surface area contributed by atoms with E-state index in [4.69, 9.17) is 16.1 Å². The topological polar surface area (TPSA) is 44.8 Å². The minimum atomic E-state index is -3.32. The lowest BCUT2D eigenvalue weighted by Crippen LogP contribution is -2.04. The lowest BCUT2D eigenvalue weighted by molar-refractivity contribution is 0.153. The molecule has 0 heterocycles. The van der Waals surface area contributed by atoms with E-state index in [2.05, 4.69) is 9.05 Å². The van der Waals surface area contributed by atoms with Gasteiger partial charge in [0.05, 0.1) is 12.0 Å². The summed E-state index contributed by atoms with van der Waals surface area (Å²) in [5.74, 6) is 0. The molecule has 0 aliphatic heterocycles. The van der Waals surface area contributed by atoms with Crippen molar-refractivity contribution in [3.63, 3.8) is 0 Å². The Labute approximate surface area is 71.4 Å². The average Bonchev–Trinajstić information content (AvgIpc) is 2.00. The molecule has 0 bridgehead atoms. The molecule has 0 spiro atoms. The molecule has 1 atom stereocenters. The van der Waals surface area contributed by atoms with Crippen LogP contribution in [-0.2, 0) is 18.1 Å². The summed E-state index contributed by atoms with van der Waals surface area (Å²) in [4.78, 5) is 0. The van der Waals surface area contributed by atoms with Gasteiger partial charge in [0, 0.05) is 14.2 Å². The number of alkyl halides is 1. The highest BCUT2D eigenvalue weighted by Crippen LogP contribution is 2.47. The molecule has 0 fully saturated rings. The van der Waals surface area contributed by atoms with E-state index in [0.717, 1.165) is 0 Å². The van der Waals surface area contributed by atoms with Gasteiger partial charge in [-0.1, -0.05) is 0 Å². The summed E-state index contributed by atoms with van der Waals surface area (Å²) in [6, 6.07) is 0. The molecule has 0 aliphatic carbocycles. The molecule has 0 rings (SSSR count). The Hall–Kier alpha value is 0.400. The van der Waals surface area contributed by atoms with Crippen LogP contribution in [0.25, 0.3) is 0 Å². The van der Waals surface area contributed by atoms with Gasteiger partial charge in [0.25, 0.3) is 0 Å². The number of phosphoric ester groups is 1. The minimum absolute atomic E-state index is 0.139. The molecule has 4 nitrogen and oxygen atoms in total. The van der Waals surface area contributed by atoms with Crippen molar-refractivity contribution in [2.75, 3.05) is 20.8 Å². The SMILES string of the molecule is COP(=O)(OC)OCC(C)Cl. The standard InChI is InChI=1S/C5H12ClO4P/c1-5(6)4-10-11(7,8-2)9-3/h5H,4H2,1-3H3. The van der Waals surface area contributed by atoms with Gasteiger partial charge in [-0.3, -0.25) is 13.6 Å². The predicted octanol–water partition coefficient (Wildman–Crippen LogP) is 2.03. The number of halogens is 1. The van der Waals surface area contributed by atoms with Crippen LogP contribution in [0.3, 0.4) is 0 Å². The molecule has 0 amide bonds. The first-order chi connectivity index (χ1) is 5.04. The van der Waals surface area contributed by atoms with Crippen LogP contribution < -0.4 is 0 Å². The second-order valence-corrected chi connectivity index (χ2v) is 4.52. The molecular formula is C5H12ClO4P. The highest BCUT2D eigenvalue weighted by atomic mass is 35.5. The van der Waals surface area contributed by atoms with Crippen LogP contribution in [0.1, 0.15) is 6.92 Å². The molecule has 0 aromatic rings. The Morgan fingerprint density at radius 3 is 2.18 bits per heavy atom. The Balaban J connectivity index is 3.79. The zero-order valence-corrected chi connectivity index (χ0v) is 8.39. The smallest absolute Gasteiger partial charge is 0.290 e. The highest BCUT2D eigenvalue weighted by Gasteiger charge is 2.22. The van der Waals surface area contributed by atoms with E-state index in [1.165, 1.54) is 14.2 Å². The summed E-state index contributed by atoms with van der Waals surface area (Å²) >= 11 is 5.54. The van der Waals surface area contributed by atoms with Crippen LogP contribution in [0, 0.1) is 0 Å². The molecule has 0 aliphatic rings. The molecule has 0 N–H and O–H groups in total. The van der Waals surface area contributed by atoms with Gasteiger partial charge in [-0.15, -0.1) is 11.6 Å². The molecule has 0 aromatic carbocycles. The Bertz CT molecular complexity index is 141. The first-order valence-corrected chi connectivity index (χ1v) is 4.94. The minimum Gasteiger partial charge on any atom is -0.290 e. The second-order valence-electron chi connectivity index (χ2n) is 1.89. The summed E-state index contributed by atoms with van der Waals surface area (Å²) in [5, 5.41) is -0.214. The van der Waals surface area contributed by atoms with Crippen molar-refractivity contribution >= 4 is 19.4 Å². The van der Waals surface area contributed by atoms with Crippen molar-refractivity contribution in [3.8, 4) is 0 Å². The van der Waals surface area contributed by atoms with Gasteiger partial charge in [0.1, 0.15) is 0 Å². The van der Waals surface area contributed by atoms with Crippen LogP contribution in [0.2, 0.25) is 0 Å². The first-order valence-electron chi connectivity index (χ1n) is 3.04. The Morgan fingerprint density at radius 2 is 1.91 bits per heavy atom. The van der Waals surface area contributed by atoms with Gasteiger partial charge in [0.15, 0.2) is 0 Å². The largest absolute Gasteiger partial charge is 0.474 e. The van der Waals surface area contributed by atoms with E-state index in [-0.39, 0.29) is 12.0 Å². The maximum Gasteiger partial charge on any atom is 0.474 e. The zero-order valence-electron chi connectivity index (χ0n) is 6.74. The monoisotopic (exact) mass is 202 g/mol. The Morgan fingerprint density at radius 1 is 1.45 bits per heavy atom. The van der Waals surface area contributed by atoms with Gasteiger partial charge in [-0.25, -0.2) is 4.57 Å². The van der Waals surface area contributed by atoms with E-state index >= 15 is 0 Å². The molecule has 0 aromatic heterocycles. The summed E-state index contributed by atoms with van der Waals surface area (Å²) in [6.07, 6.45) is 0. The molecule has 0 saturated carbocycles. The third-order valence-corrected chi connectivity index (χ3v) is 2.40. The van der Waals surface area contributed by atoms with Crippen LogP contribution in [0.4, 0.5) is 0 Å². The predicted molar refractivity (Wildman–Crippen MR) is 42.9 cm³/mol. The van der Waals surface area contributed by atoms with Gasteiger partial charge in [0.2, 0.25) is 0 Å². The van der Waals surface area contributed by atoms with Gasteiger partial charge < -0.3 is 0 Å². The molecule has 68 valence electrons. The molecular weight excluding hydrogens is 190 g/mol. The van der Waals surface area contributed by atoms with Gasteiger partial charge in [-0.2, -0.15) is 0 Å². The molecule has 1 unspecified atom stereocenters. The normalized spacial score (nSPS) is 14.9. The van der Waals surface area contributed by atoms with Crippen LogP contribution in [0.5, 0.6) is 0 Å². The second kappa shape index (κ2) is 5.12. The fraction of sp³-hybridized carbons (Fsp3) is 1.00. The summed E-state index contributed by atoms with van der Waals surface area (Å²) in [5.41, 5.74) is 0. The summed E-state index contributed by atoms with van der Waals surface area (Å²) in [6.45, 7) is 1.86. The van der Waals surface area contributed by atoms with Crippen LogP contribution >= 0.6 is 19.4 Å². The Kier molecular flexibility index (Phi) is 5.30. The van der Waals surface area contributed by atoms with E-state index in [9.17, 15) is 4.57 Å². The molecule has 11 heavy (non-hydrogen) atoms. The van der Waals surface area contributed by atoms with E-state index in [0.29, 0.717) is 0 Å². The maximum atomic E-state index is 11.1. The number of hydrogen-bond acceptors (Lipinski definition) is 4. The summed E-state index contributed by atoms with van der Waals surface area (Å²) < 4.78 is 24.9. The van der Waals surface area contributed by atoms with E-state index in [1.54, 1.807) is 6.92 Å². The third kappa shape index (κ3) is 4.77. The van der Waals surface area contributed by atoms with Crippen LogP contribution in [0.15, 0.2) is 0 Å². The zero-order chi connectivity index (χ0) is 8.91. The first kappa shape index (κ1) is 11.4. The maximum absolute atomic E-state index is 11.1. The van der Waals surface area contributed by atoms with Crippen molar-refractivity contribution in [1.29, 1.82) is 0 Å². The van der Waals surface area contributed by atoms with E-state index in [1.807, 2.05) is 0 Å².